The molecule has 2 aliphatic heterocycles. The van der Waals surface area contributed by atoms with Gasteiger partial charge in [0.15, 0.2) is 6.10 Å². The summed E-state index contributed by atoms with van der Waals surface area (Å²) in [4.78, 5) is 13.1. The van der Waals surface area contributed by atoms with E-state index in [0.717, 1.165) is 25.7 Å². The molecule has 1 saturated heterocycles. The first-order valence-electron chi connectivity index (χ1n) is 11.4. The van der Waals surface area contributed by atoms with E-state index in [1.807, 2.05) is 0 Å². The third-order valence-corrected chi connectivity index (χ3v) is 9.71. The van der Waals surface area contributed by atoms with Crippen LogP contribution in [-0.4, -0.2) is 58.5 Å². The van der Waals surface area contributed by atoms with Crippen LogP contribution in [0, 0.1) is 0 Å². The molecule has 0 saturated carbocycles. The molecule has 0 radical (unpaired) electrons. The maximum Gasteiger partial charge on any atom is 0.267 e. The number of nitrogens with one attached hydrogen (secondary N) is 1. The van der Waals surface area contributed by atoms with Crippen LogP contribution in [0.15, 0.2) is 53.4 Å². The maximum atomic E-state index is 13.0. The molecule has 0 aliphatic carbocycles. The quantitative estimate of drug-likeness (QED) is 0.643. The molecule has 2 heterocycles. The van der Waals surface area contributed by atoms with E-state index >= 15 is 0 Å². The van der Waals surface area contributed by atoms with Gasteiger partial charge in [0.1, 0.15) is 5.75 Å². The number of amides is 1. The molecule has 184 valence electrons. The summed E-state index contributed by atoms with van der Waals surface area (Å²) in [7, 11) is -7.20. The average Bonchev–Trinajstić information content (AvgIpc) is 3.14. The van der Waals surface area contributed by atoms with Crippen molar-refractivity contribution in [3.8, 4) is 5.75 Å². The Balaban J connectivity index is 1.49. The van der Waals surface area contributed by atoms with Crippen molar-refractivity contribution < 1.29 is 26.4 Å². The second kappa shape index (κ2) is 9.93. The lowest BCUT2D eigenvalue weighted by Gasteiger charge is -2.34. The summed E-state index contributed by atoms with van der Waals surface area (Å²) in [5.41, 5.74) is 0.795. The SMILES string of the molecule is CCS(=O)(=O)N1C[C@@H](C(=O)Nc2ccc(S(=O)(=O)N3CCCCCC3)cc2)Oc2ccccc21. The summed E-state index contributed by atoms with van der Waals surface area (Å²) in [6, 6.07) is 12.7. The number of para-hydroxylation sites is 2. The molecule has 2 aromatic rings. The van der Waals surface area contributed by atoms with Crippen LogP contribution in [0.4, 0.5) is 11.4 Å². The van der Waals surface area contributed by atoms with Crippen molar-refractivity contribution in [1.29, 1.82) is 0 Å². The Labute approximate surface area is 200 Å². The molecule has 2 aromatic carbocycles. The molecule has 34 heavy (non-hydrogen) atoms. The van der Waals surface area contributed by atoms with Gasteiger partial charge in [-0.15, -0.1) is 0 Å². The standard InChI is InChI=1S/C23H29N3O6S2/c1-2-33(28,29)26-17-22(32-21-10-6-5-9-20(21)26)23(27)24-18-11-13-19(14-12-18)34(30,31)25-15-7-3-4-8-16-25/h5-6,9-14,22H,2-4,7-8,15-17H2,1H3,(H,24,27)/t22-/m0/s1. The van der Waals surface area contributed by atoms with Gasteiger partial charge in [0.05, 0.1) is 22.9 Å². The number of fused-ring (bicyclic) bond motifs is 1. The first kappa shape index (κ1) is 24.5. The van der Waals surface area contributed by atoms with Crippen LogP contribution in [-0.2, 0) is 24.8 Å². The van der Waals surface area contributed by atoms with E-state index in [2.05, 4.69) is 5.32 Å². The number of nitrogens with zero attached hydrogens (tertiary/aromatic N) is 2. The predicted molar refractivity (Wildman–Crippen MR) is 130 cm³/mol. The summed E-state index contributed by atoms with van der Waals surface area (Å²) in [6.07, 6.45) is 2.70. The fraction of sp³-hybridized carbons (Fsp3) is 0.435. The fourth-order valence-electron chi connectivity index (χ4n) is 4.12. The number of benzene rings is 2. The summed E-state index contributed by atoms with van der Waals surface area (Å²) in [5.74, 6) is -0.318. The maximum absolute atomic E-state index is 13.0. The number of hydrogen-bond donors (Lipinski definition) is 1. The van der Waals surface area contributed by atoms with Crippen LogP contribution in [0.25, 0.3) is 0 Å². The number of sulfonamides is 2. The zero-order chi connectivity index (χ0) is 24.3. The van der Waals surface area contributed by atoms with Gasteiger partial charge in [-0.2, -0.15) is 4.31 Å². The summed E-state index contributed by atoms with van der Waals surface area (Å²) in [5, 5.41) is 2.71. The van der Waals surface area contributed by atoms with E-state index in [1.54, 1.807) is 31.2 Å². The third kappa shape index (κ3) is 5.06. The largest absolute Gasteiger partial charge is 0.476 e. The Morgan fingerprint density at radius 3 is 2.26 bits per heavy atom. The van der Waals surface area contributed by atoms with Crippen LogP contribution in [0.1, 0.15) is 32.6 Å². The molecule has 1 fully saturated rings. The Bertz CT molecular complexity index is 1240. The normalized spacial score (nSPS) is 19.6. The van der Waals surface area contributed by atoms with Gasteiger partial charge < -0.3 is 10.1 Å². The molecule has 4 rings (SSSR count). The van der Waals surface area contributed by atoms with Crippen molar-refractivity contribution in [1.82, 2.24) is 4.31 Å². The summed E-state index contributed by atoms with van der Waals surface area (Å²) >= 11 is 0. The topological polar surface area (TPSA) is 113 Å². The lowest BCUT2D eigenvalue weighted by Crippen LogP contribution is -2.49. The monoisotopic (exact) mass is 507 g/mol. The number of carbonyl (C=O) groups is 1. The molecule has 1 N–H and O–H groups in total. The van der Waals surface area contributed by atoms with Crippen molar-refractivity contribution in [2.75, 3.05) is 35.0 Å². The zero-order valence-electron chi connectivity index (χ0n) is 19.0. The minimum atomic E-state index is -3.61. The lowest BCUT2D eigenvalue weighted by molar-refractivity contribution is -0.122. The molecule has 0 spiro atoms. The highest BCUT2D eigenvalue weighted by atomic mass is 32.2. The van der Waals surface area contributed by atoms with E-state index in [4.69, 9.17) is 4.74 Å². The van der Waals surface area contributed by atoms with Crippen molar-refractivity contribution in [3.63, 3.8) is 0 Å². The first-order valence-corrected chi connectivity index (χ1v) is 14.4. The second-order valence-corrected chi connectivity index (χ2v) is 12.5. The Morgan fingerprint density at radius 1 is 0.971 bits per heavy atom. The molecule has 2 aliphatic rings. The summed E-state index contributed by atoms with van der Waals surface area (Å²) in [6.45, 7) is 2.42. The van der Waals surface area contributed by atoms with Gasteiger partial charge in [-0.05, 0) is 56.2 Å². The second-order valence-electron chi connectivity index (χ2n) is 8.34. The van der Waals surface area contributed by atoms with Crippen molar-refractivity contribution in [2.24, 2.45) is 0 Å². The van der Waals surface area contributed by atoms with Crippen LogP contribution >= 0.6 is 0 Å². The van der Waals surface area contributed by atoms with Crippen LogP contribution in [0.3, 0.4) is 0 Å². The zero-order valence-corrected chi connectivity index (χ0v) is 20.6. The molecule has 9 nitrogen and oxygen atoms in total. The van der Waals surface area contributed by atoms with E-state index < -0.39 is 32.1 Å². The molecule has 1 atom stereocenters. The first-order chi connectivity index (χ1) is 16.2. The molecule has 0 unspecified atom stereocenters. The van der Waals surface area contributed by atoms with Crippen molar-refractivity contribution in [3.05, 3.63) is 48.5 Å². The van der Waals surface area contributed by atoms with Gasteiger partial charge in [-0.25, -0.2) is 16.8 Å². The predicted octanol–water partition coefficient (Wildman–Crippen LogP) is 2.81. The molecule has 0 aromatic heterocycles. The molecular formula is C23H29N3O6S2. The molecule has 1 amide bonds. The highest BCUT2D eigenvalue weighted by Crippen LogP contribution is 2.35. The fourth-order valence-corrected chi connectivity index (χ4v) is 6.76. The number of hydrogen-bond acceptors (Lipinski definition) is 6. The smallest absolute Gasteiger partial charge is 0.267 e. The highest BCUT2D eigenvalue weighted by molar-refractivity contribution is 7.92. The van der Waals surface area contributed by atoms with Crippen LogP contribution in [0.5, 0.6) is 5.75 Å². The van der Waals surface area contributed by atoms with Crippen molar-refractivity contribution >= 4 is 37.3 Å². The average molecular weight is 508 g/mol. The van der Waals surface area contributed by atoms with Crippen LogP contribution < -0.4 is 14.4 Å². The summed E-state index contributed by atoms with van der Waals surface area (Å²) < 4.78 is 59.6. The van der Waals surface area contributed by atoms with Gasteiger partial charge in [0.25, 0.3) is 5.91 Å². The minimum Gasteiger partial charge on any atom is -0.476 e. The Hall–Kier alpha value is -2.63. The Kier molecular flexibility index (Phi) is 7.15. The van der Waals surface area contributed by atoms with Crippen LogP contribution in [0.2, 0.25) is 0 Å². The molecule has 0 bridgehead atoms. The number of ether oxygens (including phenoxy) is 1. The van der Waals surface area contributed by atoms with Gasteiger partial charge >= 0.3 is 0 Å². The molecular weight excluding hydrogens is 478 g/mol. The van der Waals surface area contributed by atoms with Crippen molar-refractivity contribution in [2.45, 2.75) is 43.6 Å². The number of rotatable bonds is 6. The third-order valence-electron chi connectivity index (χ3n) is 6.05. The Morgan fingerprint density at radius 2 is 1.62 bits per heavy atom. The van der Waals surface area contributed by atoms with E-state index in [1.165, 1.54) is 32.9 Å². The number of anilines is 2. The van der Waals surface area contributed by atoms with E-state index in [-0.39, 0.29) is 17.2 Å². The highest BCUT2D eigenvalue weighted by Gasteiger charge is 2.36. The van der Waals surface area contributed by atoms with Gasteiger partial charge in [-0.1, -0.05) is 25.0 Å². The van der Waals surface area contributed by atoms with Gasteiger partial charge in [-0.3, -0.25) is 9.10 Å². The van der Waals surface area contributed by atoms with Gasteiger partial charge in [0, 0.05) is 18.8 Å². The van der Waals surface area contributed by atoms with E-state index in [9.17, 15) is 21.6 Å². The molecule has 11 heteroatoms. The van der Waals surface area contributed by atoms with E-state index in [0.29, 0.717) is 30.2 Å². The lowest BCUT2D eigenvalue weighted by atomic mass is 10.2. The van der Waals surface area contributed by atoms with Gasteiger partial charge in [0.2, 0.25) is 20.0 Å². The number of carbonyl (C=O) groups excluding carboxylic acids is 1. The minimum absolute atomic E-state index is 0.109.